The van der Waals surface area contributed by atoms with E-state index in [1.54, 1.807) is 6.08 Å². The maximum absolute atomic E-state index is 14.3. The molecule has 8 heteroatoms. The molecule has 2 aliphatic heterocycles. The second kappa shape index (κ2) is 7.84. The molecule has 0 radical (unpaired) electrons. The van der Waals surface area contributed by atoms with Gasteiger partial charge in [0.2, 0.25) is 5.90 Å². The number of fused-ring (bicyclic) bond motifs is 1. The van der Waals surface area contributed by atoms with Gasteiger partial charge in [-0.2, -0.15) is 0 Å². The molecule has 0 unspecified atom stereocenters. The first-order chi connectivity index (χ1) is 13.6. The van der Waals surface area contributed by atoms with E-state index in [2.05, 4.69) is 15.2 Å². The summed E-state index contributed by atoms with van der Waals surface area (Å²) >= 11 is 0. The van der Waals surface area contributed by atoms with Crippen molar-refractivity contribution < 1.29 is 22.6 Å². The number of aliphatic imine (C=N–C) groups is 1. The fourth-order valence-electron chi connectivity index (χ4n) is 2.98. The van der Waals surface area contributed by atoms with E-state index in [0.717, 1.165) is 49.6 Å². The van der Waals surface area contributed by atoms with E-state index in [1.165, 1.54) is 12.1 Å². The van der Waals surface area contributed by atoms with Crippen molar-refractivity contribution in [2.45, 2.75) is 13.0 Å². The maximum atomic E-state index is 14.3. The molecule has 5 nitrogen and oxygen atoms in total. The Morgan fingerprint density at radius 2 is 1.82 bits per heavy atom. The highest BCUT2D eigenvalue weighted by Gasteiger charge is 2.19. The molecule has 0 bridgehead atoms. The van der Waals surface area contributed by atoms with Gasteiger partial charge in [-0.05, 0) is 48.4 Å². The average Bonchev–Trinajstić information content (AvgIpc) is 2.70. The van der Waals surface area contributed by atoms with Crippen LogP contribution in [0.2, 0.25) is 0 Å². The van der Waals surface area contributed by atoms with E-state index >= 15 is 0 Å². The van der Waals surface area contributed by atoms with Crippen molar-refractivity contribution in [3.8, 4) is 11.5 Å². The number of nitrogens with one attached hydrogen (secondary N) is 1. The van der Waals surface area contributed by atoms with Crippen molar-refractivity contribution >= 4 is 5.90 Å². The van der Waals surface area contributed by atoms with Gasteiger partial charge >= 0.3 is 0 Å². The third kappa shape index (κ3) is 4.05. The molecule has 0 aromatic heterocycles. The lowest BCUT2D eigenvalue weighted by Crippen LogP contribution is -2.41. The first kappa shape index (κ1) is 18.2. The van der Waals surface area contributed by atoms with E-state index in [9.17, 15) is 13.2 Å². The van der Waals surface area contributed by atoms with Crippen LogP contribution in [0.15, 0.2) is 53.3 Å². The summed E-state index contributed by atoms with van der Waals surface area (Å²) in [4.78, 5) is 6.41. The quantitative estimate of drug-likeness (QED) is 0.861. The lowest BCUT2D eigenvalue weighted by molar-refractivity contribution is 0.256. The minimum absolute atomic E-state index is 0.0344. The third-order valence-corrected chi connectivity index (χ3v) is 4.39. The van der Waals surface area contributed by atoms with Crippen LogP contribution in [0.3, 0.4) is 0 Å². The highest BCUT2D eigenvalue weighted by atomic mass is 19.1. The Morgan fingerprint density at radius 1 is 1.07 bits per heavy atom. The number of benzene rings is 2. The molecule has 1 N–H and O–H groups in total. The SMILES string of the molecule is Fc1ccc(Oc2c(F)cc(COC3=NCN4CCCNC4=C3)cc2F)cc1. The number of ether oxygens (including phenoxy) is 2. The zero-order valence-corrected chi connectivity index (χ0v) is 14.9. The van der Waals surface area contributed by atoms with Crippen molar-refractivity contribution in [3.05, 3.63) is 71.3 Å². The van der Waals surface area contributed by atoms with E-state index < -0.39 is 23.2 Å². The van der Waals surface area contributed by atoms with E-state index in [4.69, 9.17) is 9.47 Å². The summed E-state index contributed by atoms with van der Waals surface area (Å²) in [5.41, 5.74) is 0.307. The van der Waals surface area contributed by atoms with Gasteiger partial charge in [-0.15, -0.1) is 0 Å². The topological polar surface area (TPSA) is 46.1 Å². The fraction of sp³-hybridized carbons (Fsp3) is 0.250. The molecular formula is C20H18F3N3O2. The molecule has 146 valence electrons. The van der Waals surface area contributed by atoms with Crippen LogP contribution in [-0.4, -0.2) is 30.6 Å². The van der Waals surface area contributed by atoms with Gasteiger partial charge in [-0.3, -0.25) is 0 Å². The van der Waals surface area contributed by atoms with Crippen LogP contribution in [-0.2, 0) is 11.3 Å². The molecule has 2 aliphatic rings. The molecule has 2 aromatic carbocycles. The number of hydrogen-bond acceptors (Lipinski definition) is 5. The standard InChI is InChI=1S/C20H18F3N3O2/c21-14-2-4-15(5-3-14)28-20-16(22)8-13(9-17(20)23)11-27-19-10-18-24-6-1-7-26(18)12-25-19/h2-5,8-10,24H,1,6-7,11-12H2. The molecule has 2 aromatic rings. The normalized spacial score (nSPS) is 15.9. The molecule has 1 fully saturated rings. The summed E-state index contributed by atoms with van der Waals surface area (Å²) < 4.78 is 52.3. The monoisotopic (exact) mass is 389 g/mol. The second-order valence-electron chi connectivity index (χ2n) is 6.44. The Hall–Kier alpha value is -3.16. The summed E-state index contributed by atoms with van der Waals surface area (Å²) in [5, 5.41) is 3.27. The van der Waals surface area contributed by atoms with Crippen LogP contribution in [0, 0.1) is 17.5 Å². The molecular weight excluding hydrogens is 371 g/mol. The van der Waals surface area contributed by atoms with Gasteiger partial charge < -0.3 is 19.7 Å². The summed E-state index contributed by atoms with van der Waals surface area (Å²) in [6, 6.07) is 7.17. The molecule has 0 atom stereocenters. The van der Waals surface area contributed by atoms with Gasteiger partial charge in [0.05, 0.1) is 0 Å². The van der Waals surface area contributed by atoms with E-state index in [0.29, 0.717) is 18.1 Å². The number of rotatable bonds is 4. The van der Waals surface area contributed by atoms with Crippen molar-refractivity contribution in [3.63, 3.8) is 0 Å². The van der Waals surface area contributed by atoms with Gasteiger partial charge in [0.1, 0.15) is 30.7 Å². The number of nitrogens with zero attached hydrogens (tertiary/aromatic N) is 2. The maximum Gasteiger partial charge on any atom is 0.214 e. The molecule has 1 saturated heterocycles. The zero-order valence-electron chi connectivity index (χ0n) is 14.9. The smallest absolute Gasteiger partial charge is 0.214 e. The highest BCUT2D eigenvalue weighted by Crippen LogP contribution is 2.29. The van der Waals surface area contributed by atoms with Crippen molar-refractivity contribution in [1.29, 1.82) is 0 Å². The lowest BCUT2D eigenvalue weighted by atomic mass is 10.2. The first-order valence-corrected chi connectivity index (χ1v) is 8.87. The van der Waals surface area contributed by atoms with Gasteiger partial charge in [0.25, 0.3) is 0 Å². The molecule has 0 saturated carbocycles. The Balaban J connectivity index is 1.42. The Kier molecular flexibility index (Phi) is 5.10. The fourth-order valence-corrected chi connectivity index (χ4v) is 2.98. The molecule has 28 heavy (non-hydrogen) atoms. The van der Waals surface area contributed by atoms with Crippen LogP contribution < -0.4 is 10.1 Å². The van der Waals surface area contributed by atoms with Crippen LogP contribution in [0.4, 0.5) is 13.2 Å². The summed E-state index contributed by atoms with van der Waals surface area (Å²) in [6.07, 6.45) is 2.83. The van der Waals surface area contributed by atoms with Crippen LogP contribution in [0.5, 0.6) is 11.5 Å². The Morgan fingerprint density at radius 3 is 2.57 bits per heavy atom. The number of halogens is 3. The first-order valence-electron chi connectivity index (χ1n) is 8.87. The van der Waals surface area contributed by atoms with Crippen molar-refractivity contribution in [1.82, 2.24) is 10.2 Å². The third-order valence-electron chi connectivity index (χ3n) is 4.39. The Labute approximate surface area is 160 Å². The largest absolute Gasteiger partial charge is 0.473 e. The second-order valence-corrected chi connectivity index (χ2v) is 6.44. The Bertz CT molecular complexity index is 906. The predicted octanol–water partition coefficient (Wildman–Crippen LogP) is 3.92. The van der Waals surface area contributed by atoms with Crippen molar-refractivity contribution in [2.75, 3.05) is 19.8 Å². The van der Waals surface area contributed by atoms with Gasteiger partial charge in [-0.1, -0.05) is 0 Å². The predicted molar refractivity (Wildman–Crippen MR) is 97.3 cm³/mol. The van der Waals surface area contributed by atoms with E-state index in [1.807, 2.05) is 0 Å². The molecule has 0 spiro atoms. The van der Waals surface area contributed by atoms with Gasteiger partial charge in [-0.25, -0.2) is 18.2 Å². The van der Waals surface area contributed by atoms with Gasteiger partial charge in [0, 0.05) is 19.2 Å². The molecule has 0 amide bonds. The summed E-state index contributed by atoms with van der Waals surface area (Å²) in [5.74, 6) is -1.26. The average molecular weight is 389 g/mol. The van der Waals surface area contributed by atoms with E-state index in [-0.39, 0.29) is 12.4 Å². The molecule has 4 rings (SSSR count). The molecule has 2 heterocycles. The van der Waals surface area contributed by atoms with Crippen LogP contribution in [0.1, 0.15) is 12.0 Å². The minimum atomic E-state index is -0.869. The van der Waals surface area contributed by atoms with Crippen LogP contribution in [0.25, 0.3) is 0 Å². The zero-order chi connectivity index (χ0) is 19.5. The minimum Gasteiger partial charge on any atom is -0.473 e. The van der Waals surface area contributed by atoms with Crippen LogP contribution >= 0.6 is 0 Å². The highest BCUT2D eigenvalue weighted by molar-refractivity contribution is 5.88. The molecule has 0 aliphatic carbocycles. The number of hydrogen-bond donors (Lipinski definition) is 1. The van der Waals surface area contributed by atoms with Gasteiger partial charge in [0.15, 0.2) is 17.4 Å². The summed E-state index contributed by atoms with van der Waals surface area (Å²) in [7, 11) is 0. The summed E-state index contributed by atoms with van der Waals surface area (Å²) in [6.45, 7) is 2.28. The van der Waals surface area contributed by atoms with Crippen molar-refractivity contribution in [2.24, 2.45) is 4.99 Å². The lowest BCUT2D eigenvalue weighted by Gasteiger charge is -2.33.